The molecule has 0 unspecified atom stereocenters. The van der Waals surface area contributed by atoms with E-state index in [4.69, 9.17) is 15.2 Å². The van der Waals surface area contributed by atoms with Gasteiger partial charge in [-0.3, -0.25) is 9.59 Å². The lowest BCUT2D eigenvalue weighted by Crippen LogP contribution is -2.34. The number of hydrogen-bond donors (Lipinski definition) is 3. The van der Waals surface area contributed by atoms with Crippen LogP contribution < -0.4 is 20.5 Å². The van der Waals surface area contributed by atoms with Gasteiger partial charge in [0.2, 0.25) is 11.8 Å². The Bertz CT molecular complexity index is 1130. The molecule has 1 saturated heterocycles. The fraction of sp³-hybridized carbons (Fsp3) is 0.458. The summed E-state index contributed by atoms with van der Waals surface area (Å²) in [6, 6.07) is 3.24. The Kier molecular flexibility index (Phi) is 5.94. The second-order valence-corrected chi connectivity index (χ2v) is 8.65. The monoisotopic (exact) mass is 437 g/mol. The smallest absolute Gasteiger partial charge is 0.252 e. The number of nitrogens with one attached hydrogen (secondary N) is 1. The summed E-state index contributed by atoms with van der Waals surface area (Å²) in [6.07, 6.45) is 4.79. The van der Waals surface area contributed by atoms with Crippen molar-refractivity contribution in [3.8, 4) is 23.5 Å². The van der Waals surface area contributed by atoms with Crippen molar-refractivity contribution in [3.05, 3.63) is 29.5 Å². The summed E-state index contributed by atoms with van der Waals surface area (Å²) < 4.78 is 11.8. The molecule has 8 nitrogen and oxygen atoms in total. The number of benzene rings is 1. The second-order valence-electron chi connectivity index (χ2n) is 8.65. The molecule has 2 aromatic rings. The van der Waals surface area contributed by atoms with Crippen LogP contribution in [0.4, 0.5) is 0 Å². The van der Waals surface area contributed by atoms with Gasteiger partial charge in [0, 0.05) is 23.4 Å². The van der Waals surface area contributed by atoms with Crippen LogP contribution in [-0.4, -0.2) is 46.3 Å². The number of rotatable bonds is 6. The van der Waals surface area contributed by atoms with Crippen molar-refractivity contribution >= 4 is 22.6 Å². The van der Waals surface area contributed by atoms with Crippen molar-refractivity contribution in [2.75, 3.05) is 6.61 Å². The number of fused-ring (bicyclic) bond motifs is 1. The molecule has 1 atom stereocenters. The van der Waals surface area contributed by atoms with Crippen molar-refractivity contribution in [3.63, 3.8) is 0 Å². The number of aliphatic hydroxyl groups is 1. The number of primary amides is 1. The maximum Gasteiger partial charge on any atom is 0.252 e. The van der Waals surface area contributed by atoms with Gasteiger partial charge in [-0.05, 0) is 51.7 Å². The number of amides is 2. The van der Waals surface area contributed by atoms with Gasteiger partial charge < -0.3 is 25.6 Å². The first-order valence-corrected chi connectivity index (χ1v) is 10.8. The van der Waals surface area contributed by atoms with Crippen molar-refractivity contribution < 1.29 is 24.2 Å². The van der Waals surface area contributed by atoms with Gasteiger partial charge in [0.25, 0.3) is 5.91 Å². The summed E-state index contributed by atoms with van der Waals surface area (Å²) in [6.45, 7) is 3.99. The average molecular weight is 437 g/mol. The lowest BCUT2D eigenvalue weighted by Gasteiger charge is -2.30. The topological polar surface area (TPSA) is 124 Å². The van der Waals surface area contributed by atoms with Gasteiger partial charge in [-0.25, -0.2) is 4.98 Å². The van der Waals surface area contributed by atoms with E-state index in [1.54, 1.807) is 18.3 Å². The van der Waals surface area contributed by atoms with E-state index in [-0.39, 0.29) is 30.2 Å². The molecule has 1 aliphatic carbocycles. The zero-order valence-corrected chi connectivity index (χ0v) is 18.2. The number of pyridine rings is 1. The fourth-order valence-electron chi connectivity index (χ4n) is 3.80. The lowest BCUT2D eigenvalue weighted by molar-refractivity contribution is -0.119. The number of nitrogens with two attached hydrogens (primary N) is 1. The van der Waals surface area contributed by atoms with Crippen molar-refractivity contribution in [1.82, 2.24) is 10.3 Å². The molecule has 2 fully saturated rings. The van der Waals surface area contributed by atoms with E-state index in [0.717, 1.165) is 6.42 Å². The zero-order chi connectivity index (χ0) is 22.9. The summed E-state index contributed by atoms with van der Waals surface area (Å²) in [5, 5.41) is 14.5. The van der Waals surface area contributed by atoms with Crippen LogP contribution in [0.1, 0.15) is 61.9 Å². The molecule has 1 aromatic carbocycles. The van der Waals surface area contributed by atoms with Gasteiger partial charge in [0.15, 0.2) is 0 Å². The molecular weight excluding hydrogens is 410 g/mol. The first-order chi connectivity index (χ1) is 15.2. The first-order valence-electron chi connectivity index (χ1n) is 10.8. The van der Waals surface area contributed by atoms with Gasteiger partial charge >= 0.3 is 0 Å². The molecule has 1 aliphatic heterocycles. The maximum absolute atomic E-state index is 12.1. The van der Waals surface area contributed by atoms with Gasteiger partial charge in [0.1, 0.15) is 18.0 Å². The zero-order valence-electron chi connectivity index (χ0n) is 18.2. The largest absolute Gasteiger partial charge is 0.490 e. The van der Waals surface area contributed by atoms with E-state index >= 15 is 0 Å². The molecule has 2 heterocycles. The van der Waals surface area contributed by atoms with E-state index < -0.39 is 11.5 Å². The quantitative estimate of drug-likeness (QED) is 0.594. The summed E-state index contributed by atoms with van der Waals surface area (Å²) in [7, 11) is 0. The molecule has 1 aromatic heterocycles. The predicted molar refractivity (Wildman–Crippen MR) is 118 cm³/mol. The van der Waals surface area contributed by atoms with Crippen molar-refractivity contribution in [2.45, 2.75) is 63.7 Å². The van der Waals surface area contributed by atoms with Crippen molar-refractivity contribution in [2.24, 2.45) is 5.73 Å². The first kappa shape index (κ1) is 21.9. The van der Waals surface area contributed by atoms with E-state index in [0.29, 0.717) is 53.6 Å². The third-order valence-corrected chi connectivity index (χ3v) is 5.70. The van der Waals surface area contributed by atoms with E-state index in [9.17, 15) is 14.7 Å². The number of nitrogens with zero attached hydrogens (tertiary/aromatic N) is 1. The Morgan fingerprint density at radius 3 is 2.75 bits per heavy atom. The molecule has 4 rings (SSSR count). The molecule has 168 valence electrons. The third kappa shape index (κ3) is 4.63. The molecule has 0 radical (unpaired) electrons. The lowest BCUT2D eigenvalue weighted by atomic mass is 9.81. The average Bonchev–Trinajstić information content (AvgIpc) is 3.13. The summed E-state index contributed by atoms with van der Waals surface area (Å²) in [4.78, 5) is 28.0. The molecule has 4 N–H and O–H groups in total. The molecule has 2 aliphatic rings. The Morgan fingerprint density at radius 2 is 2.16 bits per heavy atom. The SMILES string of the molecule is CC(C)Oc1cc2c(OC[C@@H]3CCC(=O)N3)ncc(C#CC3(O)CCC3)c2cc1C(N)=O. The molecular formula is C24H27N3O5. The Labute approximate surface area is 186 Å². The van der Waals surface area contributed by atoms with Gasteiger partial charge in [-0.1, -0.05) is 11.8 Å². The minimum atomic E-state index is -0.977. The normalized spacial score (nSPS) is 19.1. The van der Waals surface area contributed by atoms with Crippen LogP contribution >= 0.6 is 0 Å². The number of aromatic nitrogens is 1. The van der Waals surface area contributed by atoms with Crippen LogP contribution in [0.2, 0.25) is 0 Å². The highest BCUT2D eigenvalue weighted by Gasteiger charge is 2.32. The highest BCUT2D eigenvalue weighted by Crippen LogP contribution is 2.34. The highest BCUT2D eigenvalue weighted by molar-refractivity contribution is 6.03. The fourth-order valence-corrected chi connectivity index (χ4v) is 3.80. The van der Waals surface area contributed by atoms with Crippen LogP contribution in [0.15, 0.2) is 18.3 Å². The number of carbonyl (C=O) groups is 2. The Hall–Kier alpha value is -3.31. The summed E-state index contributed by atoms with van der Waals surface area (Å²) >= 11 is 0. The minimum absolute atomic E-state index is 0.00897. The third-order valence-electron chi connectivity index (χ3n) is 5.70. The minimum Gasteiger partial charge on any atom is -0.490 e. The summed E-state index contributed by atoms with van der Waals surface area (Å²) in [5.74, 6) is 6.02. The second kappa shape index (κ2) is 8.67. The molecule has 0 bridgehead atoms. The van der Waals surface area contributed by atoms with Crippen LogP contribution in [0.5, 0.6) is 11.6 Å². The van der Waals surface area contributed by atoms with Crippen LogP contribution in [-0.2, 0) is 4.79 Å². The Morgan fingerprint density at radius 1 is 1.38 bits per heavy atom. The highest BCUT2D eigenvalue weighted by atomic mass is 16.5. The van der Waals surface area contributed by atoms with E-state index in [1.807, 2.05) is 13.8 Å². The molecule has 8 heteroatoms. The maximum atomic E-state index is 12.1. The van der Waals surface area contributed by atoms with Crippen molar-refractivity contribution in [1.29, 1.82) is 0 Å². The van der Waals surface area contributed by atoms with Gasteiger partial charge in [-0.15, -0.1) is 0 Å². The van der Waals surface area contributed by atoms with E-state index in [2.05, 4.69) is 22.1 Å². The van der Waals surface area contributed by atoms with Crippen LogP contribution in [0.25, 0.3) is 10.8 Å². The standard InChI is InChI=1S/C24H27N3O5/c1-14(2)32-20-11-18-17(10-19(20)22(25)29)15(6-9-24(30)7-3-8-24)12-26-23(18)31-13-16-4-5-21(28)27-16/h10-12,14,16,30H,3-5,7-8,13H2,1-2H3,(H2,25,29)(H,27,28)/t16-/m0/s1. The predicted octanol–water partition coefficient (Wildman–Crippen LogP) is 2.04. The summed E-state index contributed by atoms with van der Waals surface area (Å²) in [5.41, 5.74) is 5.43. The Balaban J connectivity index is 1.77. The van der Waals surface area contributed by atoms with Crippen LogP contribution in [0, 0.1) is 11.8 Å². The molecule has 32 heavy (non-hydrogen) atoms. The number of carbonyl (C=O) groups excluding carboxylic acids is 2. The number of ether oxygens (including phenoxy) is 2. The molecule has 0 spiro atoms. The van der Waals surface area contributed by atoms with Crippen LogP contribution in [0.3, 0.4) is 0 Å². The molecule has 1 saturated carbocycles. The molecule has 2 amide bonds. The van der Waals surface area contributed by atoms with Gasteiger partial charge in [-0.2, -0.15) is 0 Å². The number of hydrogen-bond acceptors (Lipinski definition) is 6. The van der Waals surface area contributed by atoms with Gasteiger partial charge in [0.05, 0.1) is 23.3 Å². The van der Waals surface area contributed by atoms with E-state index in [1.165, 1.54) is 0 Å².